The molecule has 0 fully saturated rings. The molecular formula is C7H4Br2F2O. The van der Waals surface area contributed by atoms with Gasteiger partial charge in [-0.2, -0.15) is 0 Å². The molecule has 0 N–H and O–H groups in total. The number of alkyl halides is 1. The van der Waals surface area contributed by atoms with Crippen molar-refractivity contribution in [3.8, 4) is 5.75 Å². The first-order chi connectivity index (χ1) is 5.65. The van der Waals surface area contributed by atoms with Crippen LogP contribution >= 0.6 is 31.9 Å². The maximum absolute atomic E-state index is 12.8. The van der Waals surface area contributed by atoms with Crippen molar-refractivity contribution >= 4 is 31.9 Å². The van der Waals surface area contributed by atoms with Gasteiger partial charge in [-0.1, -0.05) is 0 Å². The second kappa shape index (κ2) is 4.18. The van der Waals surface area contributed by atoms with Gasteiger partial charge >= 0.3 is 0 Å². The fraction of sp³-hybridized carbons (Fsp3) is 0.143. The van der Waals surface area contributed by atoms with Crippen LogP contribution in [-0.2, 0) is 0 Å². The quantitative estimate of drug-likeness (QED) is 0.600. The van der Waals surface area contributed by atoms with Gasteiger partial charge in [0.1, 0.15) is 22.9 Å². The van der Waals surface area contributed by atoms with Gasteiger partial charge in [0.05, 0.1) is 4.47 Å². The van der Waals surface area contributed by atoms with Gasteiger partial charge in [-0.05, 0) is 31.9 Å². The third-order valence-electron chi connectivity index (χ3n) is 1.17. The van der Waals surface area contributed by atoms with E-state index >= 15 is 0 Å². The predicted octanol–water partition coefficient (Wildman–Crippen LogP) is 3.46. The van der Waals surface area contributed by atoms with E-state index in [4.69, 9.17) is 4.74 Å². The SMILES string of the molecule is Fc1cc(F)c(Br)c(OCBr)c1. The van der Waals surface area contributed by atoms with Crippen molar-refractivity contribution in [1.82, 2.24) is 0 Å². The zero-order valence-corrected chi connectivity index (χ0v) is 8.95. The fourth-order valence-electron chi connectivity index (χ4n) is 0.696. The van der Waals surface area contributed by atoms with E-state index < -0.39 is 11.6 Å². The summed E-state index contributed by atoms with van der Waals surface area (Å²) in [7, 11) is 0. The largest absolute Gasteiger partial charge is 0.481 e. The van der Waals surface area contributed by atoms with Gasteiger partial charge in [0.2, 0.25) is 0 Å². The third kappa shape index (κ3) is 2.17. The van der Waals surface area contributed by atoms with Crippen LogP contribution in [-0.4, -0.2) is 5.52 Å². The van der Waals surface area contributed by atoms with Crippen LogP contribution < -0.4 is 4.74 Å². The van der Waals surface area contributed by atoms with Crippen molar-refractivity contribution in [1.29, 1.82) is 0 Å². The Labute approximate surface area is 85.0 Å². The van der Waals surface area contributed by atoms with E-state index in [9.17, 15) is 8.78 Å². The Morgan fingerprint density at radius 2 is 2.00 bits per heavy atom. The van der Waals surface area contributed by atoms with Crippen molar-refractivity contribution in [3.63, 3.8) is 0 Å². The van der Waals surface area contributed by atoms with Gasteiger partial charge in [0.25, 0.3) is 0 Å². The topological polar surface area (TPSA) is 9.23 Å². The summed E-state index contributed by atoms with van der Waals surface area (Å²) in [4.78, 5) is 0. The molecule has 0 aliphatic heterocycles. The molecule has 0 aliphatic rings. The first kappa shape index (κ1) is 9.92. The summed E-state index contributed by atoms with van der Waals surface area (Å²) in [5.74, 6) is -1.19. The average molecular weight is 302 g/mol. The molecule has 0 heterocycles. The number of hydrogen-bond acceptors (Lipinski definition) is 1. The normalized spacial score (nSPS) is 10.0. The predicted molar refractivity (Wildman–Crippen MR) is 48.5 cm³/mol. The molecule has 0 spiro atoms. The van der Waals surface area contributed by atoms with Gasteiger partial charge in [0.15, 0.2) is 0 Å². The van der Waals surface area contributed by atoms with Crippen molar-refractivity contribution in [2.75, 3.05) is 5.52 Å². The zero-order valence-electron chi connectivity index (χ0n) is 5.78. The van der Waals surface area contributed by atoms with Crippen molar-refractivity contribution in [2.45, 2.75) is 0 Å². The number of ether oxygens (including phenoxy) is 1. The van der Waals surface area contributed by atoms with Crippen LogP contribution in [0.25, 0.3) is 0 Å². The molecular weight excluding hydrogens is 298 g/mol. The molecule has 0 aromatic heterocycles. The van der Waals surface area contributed by atoms with E-state index in [0.717, 1.165) is 12.1 Å². The Balaban J connectivity index is 3.09. The van der Waals surface area contributed by atoms with Gasteiger partial charge in [-0.15, -0.1) is 0 Å². The Hall–Kier alpha value is -0.160. The lowest BCUT2D eigenvalue weighted by Gasteiger charge is -2.04. The molecule has 1 aromatic rings. The van der Waals surface area contributed by atoms with E-state index in [0.29, 0.717) is 0 Å². The molecule has 1 aromatic carbocycles. The molecule has 0 amide bonds. The average Bonchev–Trinajstić information content (AvgIpc) is 2.00. The fourth-order valence-corrected chi connectivity index (χ4v) is 1.29. The molecule has 0 bridgehead atoms. The minimum atomic E-state index is -0.675. The van der Waals surface area contributed by atoms with E-state index in [2.05, 4.69) is 31.9 Å². The first-order valence-corrected chi connectivity index (χ1v) is 4.90. The summed E-state index contributed by atoms with van der Waals surface area (Å²) in [6.45, 7) is 0. The van der Waals surface area contributed by atoms with Crippen LogP contribution in [0.15, 0.2) is 16.6 Å². The highest BCUT2D eigenvalue weighted by atomic mass is 79.9. The molecule has 1 nitrogen and oxygen atoms in total. The monoisotopic (exact) mass is 300 g/mol. The first-order valence-electron chi connectivity index (χ1n) is 2.98. The maximum Gasteiger partial charge on any atom is 0.144 e. The second-order valence-electron chi connectivity index (χ2n) is 1.95. The number of rotatable bonds is 2. The lowest BCUT2D eigenvalue weighted by Crippen LogP contribution is -1.93. The molecule has 12 heavy (non-hydrogen) atoms. The molecule has 0 saturated heterocycles. The van der Waals surface area contributed by atoms with Crippen molar-refractivity contribution in [2.24, 2.45) is 0 Å². The maximum atomic E-state index is 12.8. The third-order valence-corrected chi connectivity index (χ3v) is 2.17. The van der Waals surface area contributed by atoms with Gasteiger partial charge in [-0.3, -0.25) is 0 Å². The van der Waals surface area contributed by atoms with Crippen LogP contribution in [0.3, 0.4) is 0 Å². The highest BCUT2D eigenvalue weighted by Gasteiger charge is 2.08. The van der Waals surface area contributed by atoms with E-state index in [1.54, 1.807) is 0 Å². The zero-order chi connectivity index (χ0) is 9.14. The van der Waals surface area contributed by atoms with Gasteiger partial charge in [0, 0.05) is 12.1 Å². The number of hydrogen-bond donors (Lipinski definition) is 0. The van der Waals surface area contributed by atoms with E-state index in [1.165, 1.54) is 0 Å². The summed E-state index contributed by atoms with van der Waals surface area (Å²) in [5.41, 5.74) is 0.189. The Morgan fingerprint density at radius 3 is 2.58 bits per heavy atom. The van der Waals surface area contributed by atoms with Crippen molar-refractivity contribution < 1.29 is 13.5 Å². The molecule has 5 heteroatoms. The summed E-state index contributed by atoms with van der Waals surface area (Å²) >= 11 is 5.91. The molecule has 0 atom stereocenters. The minimum absolute atomic E-state index is 0.128. The molecule has 66 valence electrons. The summed E-state index contributed by atoms with van der Waals surface area (Å²) in [6, 6.07) is 1.89. The van der Waals surface area contributed by atoms with E-state index in [-0.39, 0.29) is 15.7 Å². The Kier molecular flexibility index (Phi) is 3.46. The lowest BCUT2D eigenvalue weighted by molar-refractivity contribution is 0.387. The number of benzene rings is 1. The highest BCUT2D eigenvalue weighted by Crippen LogP contribution is 2.29. The highest BCUT2D eigenvalue weighted by molar-refractivity contribution is 9.10. The lowest BCUT2D eigenvalue weighted by atomic mass is 10.3. The standard InChI is InChI=1S/C7H4Br2F2O/c8-3-12-6-2-4(10)1-5(11)7(6)9/h1-2H,3H2. The van der Waals surface area contributed by atoms with Crippen LogP contribution in [0.1, 0.15) is 0 Å². The molecule has 0 radical (unpaired) electrons. The minimum Gasteiger partial charge on any atom is -0.481 e. The second-order valence-corrected chi connectivity index (χ2v) is 3.20. The van der Waals surface area contributed by atoms with Gasteiger partial charge < -0.3 is 4.74 Å². The Bertz CT molecular complexity index is 291. The summed E-state index contributed by atoms with van der Waals surface area (Å²) < 4.78 is 30.4. The van der Waals surface area contributed by atoms with E-state index in [1.807, 2.05) is 0 Å². The van der Waals surface area contributed by atoms with Crippen LogP contribution in [0.4, 0.5) is 8.78 Å². The van der Waals surface area contributed by atoms with Crippen LogP contribution in [0.5, 0.6) is 5.75 Å². The number of halogens is 4. The van der Waals surface area contributed by atoms with Crippen LogP contribution in [0, 0.1) is 11.6 Å². The van der Waals surface area contributed by atoms with Gasteiger partial charge in [-0.25, -0.2) is 8.78 Å². The van der Waals surface area contributed by atoms with Crippen molar-refractivity contribution in [3.05, 3.63) is 28.2 Å². The Morgan fingerprint density at radius 1 is 1.33 bits per heavy atom. The molecule has 1 rings (SSSR count). The molecule has 0 saturated carbocycles. The summed E-state index contributed by atoms with van der Waals surface area (Å²) in [6.07, 6.45) is 0. The molecule has 0 aliphatic carbocycles. The summed E-state index contributed by atoms with van der Waals surface area (Å²) in [5, 5.41) is 0. The van der Waals surface area contributed by atoms with Crippen LogP contribution in [0.2, 0.25) is 0 Å². The smallest absolute Gasteiger partial charge is 0.144 e. The molecule has 0 unspecified atom stereocenters.